The maximum atomic E-state index is 8.83. The van der Waals surface area contributed by atoms with E-state index >= 15 is 0 Å². The lowest BCUT2D eigenvalue weighted by atomic mass is 10.3. The van der Waals surface area contributed by atoms with E-state index in [9.17, 15) is 0 Å². The summed E-state index contributed by atoms with van der Waals surface area (Å²) in [6.07, 6.45) is 0. The van der Waals surface area contributed by atoms with Gasteiger partial charge in [0.05, 0.1) is 12.6 Å². The number of nitrogens with one attached hydrogen (secondary N) is 1. The summed E-state index contributed by atoms with van der Waals surface area (Å²) in [4.78, 5) is 4.66. The van der Waals surface area contributed by atoms with Crippen LogP contribution in [0.25, 0.3) is 0 Å². The van der Waals surface area contributed by atoms with Gasteiger partial charge in [0, 0.05) is 5.69 Å². The number of ether oxygens (including phenoxy) is 1. The molecule has 0 amide bonds. The molecule has 0 bridgehead atoms. The topological polar surface area (TPSA) is 57.9 Å². The van der Waals surface area contributed by atoms with E-state index in [0.717, 1.165) is 11.4 Å². The number of nitriles is 1. The predicted molar refractivity (Wildman–Crippen MR) is 63.1 cm³/mol. The Labute approximate surface area is 97.1 Å². The highest BCUT2D eigenvalue weighted by atomic mass is 32.1. The summed E-state index contributed by atoms with van der Waals surface area (Å²) in [6, 6.07) is 9.53. The van der Waals surface area contributed by atoms with Crippen LogP contribution in [0.3, 0.4) is 0 Å². The van der Waals surface area contributed by atoms with Crippen molar-refractivity contribution in [3.8, 4) is 11.8 Å². The number of nitrogens with zero attached hydrogens (tertiary/aromatic N) is 2. The van der Waals surface area contributed by atoms with Crippen molar-refractivity contribution < 1.29 is 4.74 Å². The maximum absolute atomic E-state index is 8.83. The number of benzene rings is 1. The van der Waals surface area contributed by atoms with E-state index in [4.69, 9.17) is 10.00 Å². The van der Waals surface area contributed by atoms with Gasteiger partial charge in [0.2, 0.25) is 0 Å². The van der Waals surface area contributed by atoms with Crippen LogP contribution in [0, 0.1) is 11.3 Å². The molecule has 16 heavy (non-hydrogen) atoms. The third kappa shape index (κ3) is 2.12. The summed E-state index contributed by atoms with van der Waals surface area (Å²) in [7, 11) is 1.62. The summed E-state index contributed by atoms with van der Waals surface area (Å²) in [6.45, 7) is 0. The second kappa shape index (κ2) is 4.64. The zero-order chi connectivity index (χ0) is 11.4. The van der Waals surface area contributed by atoms with Crippen LogP contribution in [0.2, 0.25) is 0 Å². The summed E-state index contributed by atoms with van der Waals surface area (Å²) >= 11 is 1.32. The van der Waals surface area contributed by atoms with Gasteiger partial charge in [-0.3, -0.25) is 0 Å². The molecule has 2 aromatic rings. The molecule has 0 spiro atoms. The van der Waals surface area contributed by atoms with Crippen molar-refractivity contribution >= 4 is 22.8 Å². The Morgan fingerprint density at radius 1 is 1.38 bits per heavy atom. The molecule has 80 valence electrons. The first-order valence-electron chi connectivity index (χ1n) is 4.58. The quantitative estimate of drug-likeness (QED) is 0.882. The predicted octanol–water partition coefficient (Wildman–Crippen LogP) is 2.77. The third-order valence-corrected chi connectivity index (χ3v) is 2.75. The molecule has 0 radical (unpaired) electrons. The largest absolute Gasteiger partial charge is 0.497 e. The van der Waals surface area contributed by atoms with Gasteiger partial charge < -0.3 is 10.1 Å². The smallest absolute Gasteiger partial charge is 0.159 e. The molecule has 1 heterocycles. The summed E-state index contributed by atoms with van der Waals surface area (Å²) < 4.78 is 5.06. The van der Waals surface area contributed by atoms with E-state index in [1.54, 1.807) is 12.6 Å². The first-order chi connectivity index (χ1) is 7.83. The first kappa shape index (κ1) is 10.5. The van der Waals surface area contributed by atoms with Crippen molar-refractivity contribution in [3.63, 3.8) is 0 Å². The number of thiazole rings is 1. The van der Waals surface area contributed by atoms with Crippen LogP contribution in [-0.2, 0) is 0 Å². The zero-order valence-electron chi connectivity index (χ0n) is 8.60. The molecule has 1 aromatic carbocycles. The summed E-state index contributed by atoms with van der Waals surface area (Å²) in [5, 5.41) is 11.9. The second-order valence-electron chi connectivity index (χ2n) is 3.00. The van der Waals surface area contributed by atoms with E-state index < -0.39 is 0 Å². The SMILES string of the molecule is COc1ccc(Nc2ncsc2C#N)cc1. The van der Waals surface area contributed by atoms with Crippen LogP contribution in [-0.4, -0.2) is 12.1 Å². The lowest BCUT2D eigenvalue weighted by molar-refractivity contribution is 0.415. The highest BCUT2D eigenvalue weighted by Crippen LogP contribution is 2.23. The minimum absolute atomic E-state index is 0.579. The highest BCUT2D eigenvalue weighted by molar-refractivity contribution is 7.10. The standard InChI is InChI=1S/C11H9N3OS/c1-15-9-4-2-8(3-5-9)14-11-10(6-12)16-7-13-11/h2-5,7,14H,1H3. The van der Waals surface area contributed by atoms with Gasteiger partial charge in [-0.15, -0.1) is 11.3 Å². The zero-order valence-corrected chi connectivity index (χ0v) is 9.41. The van der Waals surface area contributed by atoms with Crippen molar-refractivity contribution in [3.05, 3.63) is 34.7 Å². The Morgan fingerprint density at radius 2 is 2.12 bits per heavy atom. The van der Waals surface area contributed by atoms with E-state index in [-0.39, 0.29) is 0 Å². The first-order valence-corrected chi connectivity index (χ1v) is 5.46. The van der Waals surface area contributed by atoms with Gasteiger partial charge in [-0.05, 0) is 24.3 Å². The maximum Gasteiger partial charge on any atom is 0.159 e. The highest BCUT2D eigenvalue weighted by Gasteiger charge is 2.04. The third-order valence-electron chi connectivity index (χ3n) is 2.02. The molecule has 0 fully saturated rings. The molecule has 0 aliphatic heterocycles. The van der Waals surface area contributed by atoms with Gasteiger partial charge in [-0.2, -0.15) is 5.26 Å². The Bertz CT molecular complexity index is 513. The molecule has 5 heteroatoms. The lowest BCUT2D eigenvalue weighted by Gasteiger charge is -2.04. The van der Waals surface area contributed by atoms with Gasteiger partial charge in [-0.1, -0.05) is 0 Å². The van der Waals surface area contributed by atoms with Crippen LogP contribution in [0.1, 0.15) is 4.88 Å². The minimum Gasteiger partial charge on any atom is -0.497 e. The number of hydrogen-bond donors (Lipinski definition) is 1. The molecule has 0 aliphatic rings. The molecule has 2 rings (SSSR count). The molecule has 4 nitrogen and oxygen atoms in total. The van der Waals surface area contributed by atoms with Crippen molar-refractivity contribution in [2.24, 2.45) is 0 Å². The van der Waals surface area contributed by atoms with Gasteiger partial charge in [0.1, 0.15) is 16.7 Å². The van der Waals surface area contributed by atoms with Gasteiger partial charge in [0.15, 0.2) is 5.82 Å². The number of anilines is 2. The van der Waals surface area contributed by atoms with E-state index in [0.29, 0.717) is 10.7 Å². The van der Waals surface area contributed by atoms with Gasteiger partial charge in [0.25, 0.3) is 0 Å². The Balaban J connectivity index is 2.18. The summed E-state index contributed by atoms with van der Waals surface area (Å²) in [5.74, 6) is 1.39. The number of methoxy groups -OCH3 is 1. The average Bonchev–Trinajstić information content (AvgIpc) is 2.77. The molecule has 1 N–H and O–H groups in total. The molecule has 0 aliphatic carbocycles. The molecule has 0 unspecified atom stereocenters. The molecule has 1 aromatic heterocycles. The average molecular weight is 231 g/mol. The number of hydrogen-bond acceptors (Lipinski definition) is 5. The normalized spacial score (nSPS) is 9.50. The second-order valence-corrected chi connectivity index (χ2v) is 3.85. The van der Waals surface area contributed by atoms with Crippen molar-refractivity contribution in [2.45, 2.75) is 0 Å². The number of aromatic nitrogens is 1. The van der Waals surface area contributed by atoms with Crippen LogP contribution < -0.4 is 10.1 Å². The van der Waals surface area contributed by atoms with Crippen LogP contribution in [0.4, 0.5) is 11.5 Å². The van der Waals surface area contributed by atoms with E-state index in [2.05, 4.69) is 16.4 Å². The molecule has 0 saturated heterocycles. The Hall–Kier alpha value is -2.06. The van der Waals surface area contributed by atoms with E-state index in [1.807, 2.05) is 24.3 Å². The molecule has 0 saturated carbocycles. The monoisotopic (exact) mass is 231 g/mol. The number of rotatable bonds is 3. The molecule has 0 atom stereocenters. The molecular weight excluding hydrogens is 222 g/mol. The fourth-order valence-corrected chi connectivity index (χ4v) is 1.76. The van der Waals surface area contributed by atoms with Crippen molar-refractivity contribution in [2.75, 3.05) is 12.4 Å². The van der Waals surface area contributed by atoms with Crippen LogP contribution in [0.5, 0.6) is 5.75 Å². The van der Waals surface area contributed by atoms with E-state index in [1.165, 1.54) is 11.3 Å². The fourth-order valence-electron chi connectivity index (χ4n) is 1.23. The Morgan fingerprint density at radius 3 is 2.75 bits per heavy atom. The van der Waals surface area contributed by atoms with Gasteiger partial charge in [-0.25, -0.2) is 4.98 Å². The van der Waals surface area contributed by atoms with Crippen molar-refractivity contribution in [1.82, 2.24) is 4.98 Å². The van der Waals surface area contributed by atoms with Gasteiger partial charge >= 0.3 is 0 Å². The minimum atomic E-state index is 0.579. The van der Waals surface area contributed by atoms with Crippen molar-refractivity contribution in [1.29, 1.82) is 5.26 Å². The summed E-state index contributed by atoms with van der Waals surface area (Å²) in [5.41, 5.74) is 2.52. The van der Waals surface area contributed by atoms with Crippen LogP contribution >= 0.6 is 11.3 Å². The lowest BCUT2D eigenvalue weighted by Crippen LogP contribution is -1.92. The van der Waals surface area contributed by atoms with Crippen LogP contribution in [0.15, 0.2) is 29.8 Å². The molecular formula is C11H9N3OS. The Kier molecular flexibility index (Phi) is 3.03. The fraction of sp³-hybridized carbons (Fsp3) is 0.0909.